The van der Waals surface area contributed by atoms with Crippen molar-refractivity contribution in [2.75, 3.05) is 12.3 Å². The first kappa shape index (κ1) is 22.9. The number of rotatable bonds is 8. The van der Waals surface area contributed by atoms with Gasteiger partial charge in [-0.15, -0.1) is 0 Å². The number of aromatic nitrogens is 2. The van der Waals surface area contributed by atoms with Crippen LogP contribution in [0.4, 0.5) is 5.82 Å². The fraction of sp³-hybridized carbons (Fsp3) is 0.292. The summed E-state index contributed by atoms with van der Waals surface area (Å²) in [6.45, 7) is 14.0. The van der Waals surface area contributed by atoms with E-state index >= 15 is 0 Å². The van der Waals surface area contributed by atoms with Gasteiger partial charge >= 0.3 is 5.69 Å². The van der Waals surface area contributed by atoms with Gasteiger partial charge in [-0.2, -0.15) is 4.98 Å². The lowest BCUT2D eigenvalue weighted by atomic mass is 9.82. The number of nitrogen functional groups attached to an aromatic ring is 1. The Morgan fingerprint density at radius 1 is 1.27 bits per heavy atom. The van der Waals surface area contributed by atoms with E-state index in [0.29, 0.717) is 11.5 Å². The molecule has 0 saturated heterocycles. The largest absolute Gasteiger partial charge is 0.491 e. The van der Waals surface area contributed by atoms with Crippen molar-refractivity contribution in [3.63, 3.8) is 0 Å². The van der Waals surface area contributed by atoms with Crippen LogP contribution in [0.5, 0.6) is 0 Å². The fourth-order valence-corrected chi connectivity index (χ4v) is 3.00. The van der Waals surface area contributed by atoms with Crippen molar-refractivity contribution in [3.05, 3.63) is 88.7 Å². The highest BCUT2D eigenvalue weighted by Crippen LogP contribution is 2.32. The van der Waals surface area contributed by atoms with E-state index in [-0.39, 0.29) is 17.8 Å². The van der Waals surface area contributed by atoms with Crippen LogP contribution in [0.25, 0.3) is 5.82 Å². The summed E-state index contributed by atoms with van der Waals surface area (Å²) in [6.07, 6.45) is 5.24. The average Bonchev–Trinajstić information content (AvgIpc) is 2.68. The van der Waals surface area contributed by atoms with Crippen molar-refractivity contribution < 1.29 is 4.74 Å². The number of nitrogens with zero attached hydrogens (tertiary/aromatic N) is 3. The molecule has 0 bridgehead atoms. The van der Waals surface area contributed by atoms with Crippen molar-refractivity contribution in [3.8, 4) is 0 Å². The molecule has 1 aromatic carbocycles. The molecule has 1 aromatic heterocycles. The van der Waals surface area contributed by atoms with Gasteiger partial charge < -0.3 is 10.5 Å². The molecule has 6 nitrogen and oxygen atoms in total. The van der Waals surface area contributed by atoms with Gasteiger partial charge in [0.2, 0.25) is 0 Å². The minimum Gasteiger partial charge on any atom is -0.491 e. The predicted molar refractivity (Wildman–Crippen MR) is 124 cm³/mol. The lowest BCUT2D eigenvalue weighted by Crippen LogP contribution is -2.24. The van der Waals surface area contributed by atoms with E-state index in [1.807, 2.05) is 45.0 Å². The van der Waals surface area contributed by atoms with Gasteiger partial charge in [-0.1, -0.05) is 42.5 Å². The molecule has 30 heavy (non-hydrogen) atoms. The number of nitrogens with two attached hydrogens (primary N) is 1. The first-order chi connectivity index (χ1) is 14.1. The lowest BCUT2D eigenvalue weighted by molar-refractivity contribution is 0.208. The summed E-state index contributed by atoms with van der Waals surface area (Å²) in [4.78, 5) is 20.6. The van der Waals surface area contributed by atoms with Gasteiger partial charge in [0.25, 0.3) is 0 Å². The molecule has 0 atom stereocenters. The standard InChI is InChI=1S/C24H30N4O2/c1-7-20(24(5,6)19-11-9-8-10-12-19)30-16-18(4)26-22(15-17(2)3)28-14-13-21(25)27-23(28)29/h7-15H,2,16H2,1,3-6H3,(H2,25,27,29)/b20-7-,22-15+,26-18+. The second-order valence-corrected chi connectivity index (χ2v) is 7.63. The molecule has 2 aromatic rings. The molecule has 0 fully saturated rings. The summed E-state index contributed by atoms with van der Waals surface area (Å²) in [5, 5.41) is 0. The summed E-state index contributed by atoms with van der Waals surface area (Å²) in [7, 11) is 0. The first-order valence-corrected chi connectivity index (χ1v) is 9.77. The zero-order chi connectivity index (χ0) is 22.3. The number of aliphatic imine (C=N–C) groups is 1. The maximum absolute atomic E-state index is 12.2. The Morgan fingerprint density at radius 2 is 1.93 bits per heavy atom. The number of allylic oxidation sites excluding steroid dienone is 4. The lowest BCUT2D eigenvalue weighted by Gasteiger charge is -2.28. The average molecular weight is 407 g/mol. The number of hydrogen-bond acceptors (Lipinski definition) is 5. The van der Waals surface area contributed by atoms with Crippen LogP contribution in [0.15, 0.2) is 82.4 Å². The molecular formula is C24H30N4O2. The molecule has 0 spiro atoms. The van der Waals surface area contributed by atoms with Crippen molar-refractivity contribution in [2.24, 2.45) is 4.99 Å². The van der Waals surface area contributed by atoms with Crippen LogP contribution in [-0.4, -0.2) is 21.9 Å². The number of anilines is 1. The quantitative estimate of drug-likeness (QED) is 0.396. The summed E-state index contributed by atoms with van der Waals surface area (Å²) >= 11 is 0. The zero-order valence-electron chi connectivity index (χ0n) is 18.3. The molecule has 0 aliphatic carbocycles. The molecule has 6 heteroatoms. The summed E-state index contributed by atoms with van der Waals surface area (Å²) < 4.78 is 7.45. The Bertz CT molecular complexity index is 1040. The van der Waals surface area contributed by atoms with E-state index < -0.39 is 5.69 Å². The van der Waals surface area contributed by atoms with Gasteiger partial charge in [0, 0.05) is 11.6 Å². The van der Waals surface area contributed by atoms with Crippen LogP contribution < -0.4 is 11.4 Å². The van der Waals surface area contributed by atoms with Crippen molar-refractivity contribution in [1.29, 1.82) is 0 Å². The van der Waals surface area contributed by atoms with Gasteiger partial charge in [0.05, 0.1) is 5.71 Å². The van der Waals surface area contributed by atoms with Crippen molar-refractivity contribution in [2.45, 2.75) is 40.0 Å². The van der Waals surface area contributed by atoms with Crippen LogP contribution in [0.3, 0.4) is 0 Å². The molecule has 158 valence electrons. The first-order valence-electron chi connectivity index (χ1n) is 9.77. The van der Waals surface area contributed by atoms with E-state index in [1.165, 1.54) is 4.57 Å². The smallest absolute Gasteiger partial charge is 0.355 e. The van der Waals surface area contributed by atoms with Crippen LogP contribution in [0.1, 0.15) is 40.2 Å². The summed E-state index contributed by atoms with van der Waals surface area (Å²) in [6, 6.07) is 11.8. The predicted octanol–water partition coefficient (Wildman–Crippen LogP) is 4.56. The molecule has 0 radical (unpaired) electrons. The van der Waals surface area contributed by atoms with Crippen LogP contribution in [0, 0.1) is 0 Å². The molecule has 0 aliphatic rings. The Balaban J connectivity index is 2.26. The highest BCUT2D eigenvalue weighted by molar-refractivity contribution is 5.87. The molecule has 2 N–H and O–H groups in total. The minimum atomic E-state index is -0.501. The monoisotopic (exact) mass is 406 g/mol. The fourth-order valence-electron chi connectivity index (χ4n) is 3.00. The highest BCUT2D eigenvalue weighted by atomic mass is 16.5. The Labute approximate surface area is 178 Å². The van der Waals surface area contributed by atoms with Crippen LogP contribution >= 0.6 is 0 Å². The summed E-state index contributed by atoms with van der Waals surface area (Å²) in [5.74, 6) is 1.42. The van der Waals surface area contributed by atoms with Crippen molar-refractivity contribution >= 4 is 17.4 Å². The Kier molecular flexibility index (Phi) is 7.53. The van der Waals surface area contributed by atoms with E-state index in [1.54, 1.807) is 18.3 Å². The van der Waals surface area contributed by atoms with Crippen LogP contribution in [-0.2, 0) is 10.2 Å². The van der Waals surface area contributed by atoms with E-state index in [9.17, 15) is 4.79 Å². The third-order valence-electron chi connectivity index (χ3n) is 4.56. The molecule has 0 aliphatic heterocycles. The molecule has 2 rings (SSSR count). The Hall–Kier alpha value is -3.41. The van der Waals surface area contributed by atoms with Gasteiger partial charge in [0.1, 0.15) is 24.0 Å². The Morgan fingerprint density at radius 3 is 2.50 bits per heavy atom. The topological polar surface area (TPSA) is 82.5 Å². The van der Waals surface area contributed by atoms with E-state index in [2.05, 4.69) is 42.5 Å². The highest BCUT2D eigenvalue weighted by Gasteiger charge is 2.26. The molecule has 1 heterocycles. The summed E-state index contributed by atoms with van der Waals surface area (Å²) in [5.41, 5.74) is 7.42. The third kappa shape index (κ3) is 5.80. The normalized spacial score (nSPS) is 13.3. The molecule has 0 saturated carbocycles. The third-order valence-corrected chi connectivity index (χ3v) is 4.56. The second kappa shape index (κ2) is 9.87. The van der Waals surface area contributed by atoms with E-state index in [0.717, 1.165) is 16.9 Å². The van der Waals surface area contributed by atoms with Crippen LogP contribution in [0.2, 0.25) is 0 Å². The molecular weight excluding hydrogens is 376 g/mol. The maximum Gasteiger partial charge on any atom is 0.355 e. The molecule has 0 unspecified atom stereocenters. The van der Waals surface area contributed by atoms with Gasteiger partial charge in [-0.25, -0.2) is 9.79 Å². The maximum atomic E-state index is 12.2. The SMILES string of the molecule is C=C(C)/C=C(\N=C(/C)CO/C(=C\C)C(C)(C)c1ccccc1)n1ccc(N)nc1=O. The number of benzene rings is 1. The second-order valence-electron chi connectivity index (χ2n) is 7.63. The van der Waals surface area contributed by atoms with Gasteiger partial charge in [-0.3, -0.25) is 4.57 Å². The van der Waals surface area contributed by atoms with Gasteiger partial charge in [-0.05, 0) is 58.4 Å². The van der Waals surface area contributed by atoms with E-state index in [4.69, 9.17) is 10.5 Å². The molecule has 0 amide bonds. The minimum absolute atomic E-state index is 0.163. The zero-order valence-corrected chi connectivity index (χ0v) is 18.3. The number of hydrogen-bond donors (Lipinski definition) is 1. The van der Waals surface area contributed by atoms with Crippen molar-refractivity contribution in [1.82, 2.24) is 9.55 Å². The number of ether oxygens (including phenoxy) is 1. The van der Waals surface area contributed by atoms with Gasteiger partial charge in [0.15, 0.2) is 0 Å².